The summed E-state index contributed by atoms with van der Waals surface area (Å²) in [5, 5.41) is 9.14. The Balaban J connectivity index is 2.14. The van der Waals surface area contributed by atoms with Crippen molar-refractivity contribution in [1.82, 2.24) is 9.88 Å². The van der Waals surface area contributed by atoms with E-state index in [0.29, 0.717) is 6.54 Å². The monoisotopic (exact) mass is 240 g/mol. The number of aliphatic hydroxyl groups excluding tert-OH is 1. The lowest BCUT2D eigenvalue weighted by Gasteiger charge is -2.25. The average molecular weight is 240 g/mol. The Kier molecular flexibility index (Phi) is 2.86. The summed E-state index contributed by atoms with van der Waals surface area (Å²) in [4.78, 5) is 6.68. The molecular formula is C15H16N2O. The van der Waals surface area contributed by atoms with Crippen LogP contribution in [0.25, 0.3) is 11.3 Å². The summed E-state index contributed by atoms with van der Waals surface area (Å²) >= 11 is 0. The highest BCUT2D eigenvalue weighted by atomic mass is 16.3. The van der Waals surface area contributed by atoms with Crippen LogP contribution in [-0.2, 0) is 0 Å². The van der Waals surface area contributed by atoms with E-state index in [0.717, 1.165) is 5.69 Å². The Morgan fingerprint density at radius 1 is 1.17 bits per heavy atom. The van der Waals surface area contributed by atoms with Gasteiger partial charge >= 0.3 is 0 Å². The van der Waals surface area contributed by atoms with Crippen molar-refractivity contribution in [2.24, 2.45) is 0 Å². The predicted molar refractivity (Wildman–Crippen MR) is 71.2 cm³/mol. The van der Waals surface area contributed by atoms with E-state index >= 15 is 0 Å². The van der Waals surface area contributed by atoms with Crippen LogP contribution in [0.5, 0.6) is 0 Å². The maximum Gasteiger partial charge on any atom is 0.0756 e. The van der Waals surface area contributed by atoms with Gasteiger partial charge in [0.15, 0.2) is 0 Å². The molecule has 18 heavy (non-hydrogen) atoms. The maximum atomic E-state index is 9.14. The Labute approximate surface area is 107 Å². The second-order valence-electron chi connectivity index (χ2n) is 4.64. The highest BCUT2D eigenvalue weighted by Crippen LogP contribution is 2.44. The summed E-state index contributed by atoms with van der Waals surface area (Å²) in [6, 6.07) is 12.7. The van der Waals surface area contributed by atoms with Gasteiger partial charge in [-0.2, -0.15) is 0 Å². The van der Waals surface area contributed by atoms with E-state index < -0.39 is 0 Å². The van der Waals surface area contributed by atoms with E-state index in [1.54, 1.807) is 0 Å². The first-order valence-corrected chi connectivity index (χ1v) is 6.18. The highest BCUT2D eigenvalue weighted by molar-refractivity contribution is 5.75. The molecule has 3 nitrogen and oxygen atoms in total. The largest absolute Gasteiger partial charge is 0.395 e. The summed E-state index contributed by atoms with van der Waals surface area (Å²) in [7, 11) is 2.04. The Morgan fingerprint density at radius 3 is 2.78 bits per heavy atom. The Bertz CT molecular complexity index is 522. The van der Waals surface area contributed by atoms with E-state index in [1.165, 1.54) is 16.7 Å². The number of fused-ring (bicyclic) bond motifs is 3. The van der Waals surface area contributed by atoms with Crippen LogP contribution in [-0.4, -0.2) is 35.2 Å². The zero-order valence-electron chi connectivity index (χ0n) is 10.4. The molecule has 92 valence electrons. The number of hydrogen-bond acceptors (Lipinski definition) is 3. The third-order valence-electron chi connectivity index (χ3n) is 3.54. The van der Waals surface area contributed by atoms with E-state index in [1.807, 2.05) is 25.4 Å². The van der Waals surface area contributed by atoms with Gasteiger partial charge in [-0.25, -0.2) is 0 Å². The van der Waals surface area contributed by atoms with Crippen molar-refractivity contribution in [3.05, 3.63) is 53.7 Å². The van der Waals surface area contributed by atoms with Crippen molar-refractivity contribution in [3.8, 4) is 11.3 Å². The minimum atomic E-state index is 0.171. The fourth-order valence-corrected chi connectivity index (χ4v) is 2.74. The molecule has 1 aromatic heterocycles. The molecule has 0 spiro atoms. The second-order valence-corrected chi connectivity index (χ2v) is 4.64. The molecular weight excluding hydrogens is 224 g/mol. The standard InChI is InChI=1S/C15H16N2O/c1-17(9-10-18)15-12-6-3-2-5-11(12)14-13(15)7-4-8-16-14/h2-8,15,18H,9-10H2,1H3. The van der Waals surface area contributed by atoms with E-state index in [4.69, 9.17) is 5.11 Å². The summed E-state index contributed by atoms with van der Waals surface area (Å²) in [5.74, 6) is 0. The van der Waals surface area contributed by atoms with Gasteiger partial charge in [-0.3, -0.25) is 9.88 Å². The van der Waals surface area contributed by atoms with Gasteiger partial charge in [0.1, 0.15) is 0 Å². The van der Waals surface area contributed by atoms with Crippen molar-refractivity contribution in [2.75, 3.05) is 20.2 Å². The van der Waals surface area contributed by atoms with Crippen LogP contribution in [0.1, 0.15) is 17.2 Å². The van der Waals surface area contributed by atoms with Crippen molar-refractivity contribution >= 4 is 0 Å². The zero-order chi connectivity index (χ0) is 12.5. The summed E-state index contributed by atoms with van der Waals surface area (Å²) in [6.07, 6.45) is 1.84. The van der Waals surface area contributed by atoms with Crippen molar-refractivity contribution < 1.29 is 5.11 Å². The Hall–Kier alpha value is -1.71. The van der Waals surface area contributed by atoms with Gasteiger partial charge < -0.3 is 5.11 Å². The van der Waals surface area contributed by atoms with Gasteiger partial charge in [-0.1, -0.05) is 30.3 Å². The van der Waals surface area contributed by atoms with Gasteiger partial charge in [0.25, 0.3) is 0 Å². The lowest BCUT2D eigenvalue weighted by Crippen LogP contribution is -2.27. The average Bonchev–Trinajstić information content (AvgIpc) is 2.73. The van der Waals surface area contributed by atoms with E-state index in [-0.39, 0.29) is 12.6 Å². The normalized spacial score (nSPS) is 16.7. The molecule has 2 aromatic rings. The molecule has 1 heterocycles. The number of aliphatic hydroxyl groups is 1. The first kappa shape index (κ1) is 11.4. The van der Waals surface area contributed by atoms with E-state index in [9.17, 15) is 0 Å². The van der Waals surface area contributed by atoms with Crippen LogP contribution >= 0.6 is 0 Å². The summed E-state index contributed by atoms with van der Waals surface area (Å²) < 4.78 is 0. The van der Waals surface area contributed by atoms with E-state index in [2.05, 4.69) is 34.1 Å². The minimum Gasteiger partial charge on any atom is -0.395 e. The number of likely N-dealkylation sites (N-methyl/N-ethyl adjacent to an activating group) is 1. The lowest BCUT2D eigenvalue weighted by molar-refractivity contribution is 0.199. The molecule has 1 unspecified atom stereocenters. The van der Waals surface area contributed by atoms with Gasteiger partial charge in [-0.15, -0.1) is 0 Å². The number of rotatable bonds is 3. The lowest BCUT2D eigenvalue weighted by atomic mass is 10.0. The zero-order valence-corrected chi connectivity index (χ0v) is 10.4. The number of nitrogens with zero attached hydrogens (tertiary/aromatic N) is 2. The molecule has 0 bridgehead atoms. The molecule has 0 fully saturated rings. The van der Waals surface area contributed by atoms with Gasteiger partial charge in [-0.05, 0) is 18.7 Å². The summed E-state index contributed by atoms with van der Waals surface area (Å²) in [6.45, 7) is 0.831. The molecule has 1 N–H and O–H groups in total. The number of benzene rings is 1. The van der Waals surface area contributed by atoms with Crippen LogP contribution in [0.15, 0.2) is 42.6 Å². The molecule has 0 aliphatic heterocycles. The van der Waals surface area contributed by atoms with Crippen molar-refractivity contribution in [2.45, 2.75) is 6.04 Å². The van der Waals surface area contributed by atoms with Crippen molar-refractivity contribution in [3.63, 3.8) is 0 Å². The molecule has 0 amide bonds. The Morgan fingerprint density at radius 2 is 1.94 bits per heavy atom. The molecule has 1 aliphatic rings. The van der Waals surface area contributed by atoms with Crippen LogP contribution < -0.4 is 0 Å². The minimum absolute atomic E-state index is 0.171. The van der Waals surface area contributed by atoms with Gasteiger partial charge in [0.2, 0.25) is 0 Å². The van der Waals surface area contributed by atoms with Crippen molar-refractivity contribution in [1.29, 1.82) is 0 Å². The number of aromatic nitrogens is 1. The molecule has 1 aliphatic carbocycles. The fraction of sp³-hybridized carbons (Fsp3) is 0.267. The first-order chi connectivity index (χ1) is 8.83. The third kappa shape index (κ3) is 1.64. The number of hydrogen-bond donors (Lipinski definition) is 1. The molecule has 0 saturated carbocycles. The van der Waals surface area contributed by atoms with Crippen LogP contribution in [0.3, 0.4) is 0 Å². The maximum absolute atomic E-state index is 9.14. The fourth-order valence-electron chi connectivity index (χ4n) is 2.74. The molecule has 0 radical (unpaired) electrons. The molecule has 0 saturated heterocycles. The molecule has 1 aromatic carbocycles. The third-order valence-corrected chi connectivity index (χ3v) is 3.54. The summed E-state index contributed by atoms with van der Waals surface area (Å²) in [5.41, 5.74) is 4.79. The quantitative estimate of drug-likeness (QED) is 0.892. The van der Waals surface area contributed by atoms with Crippen LogP contribution in [0.2, 0.25) is 0 Å². The molecule has 3 heteroatoms. The van der Waals surface area contributed by atoms with Gasteiger partial charge in [0, 0.05) is 23.9 Å². The number of pyridine rings is 1. The predicted octanol–water partition coefficient (Wildman–Crippen LogP) is 2.08. The molecule has 1 atom stereocenters. The van der Waals surface area contributed by atoms with Gasteiger partial charge in [0.05, 0.1) is 18.3 Å². The smallest absolute Gasteiger partial charge is 0.0756 e. The second kappa shape index (κ2) is 4.52. The topological polar surface area (TPSA) is 36.4 Å². The van der Waals surface area contributed by atoms with Crippen LogP contribution in [0, 0.1) is 0 Å². The molecule has 3 rings (SSSR count). The SMILES string of the molecule is CN(CCO)C1c2ccccc2-c2ncccc21. The first-order valence-electron chi connectivity index (χ1n) is 6.18. The highest BCUT2D eigenvalue weighted by Gasteiger charge is 2.31. The van der Waals surface area contributed by atoms with Crippen LogP contribution in [0.4, 0.5) is 0 Å².